The Hall–Kier alpha value is -2.96. The van der Waals surface area contributed by atoms with Crippen molar-refractivity contribution in [1.29, 1.82) is 0 Å². The van der Waals surface area contributed by atoms with Crippen LogP contribution in [-0.4, -0.2) is 24.9 Å². The van der Waals surface area contributed by atoms with Gasteiger partial charge in [-0.2, -0.15) is 0 Å². The highest BCUT2D eigenvalue weighted by atomic mass is 32.1. The lowest BCUT2D eigenvalue weighted by molar-refractivity contribution is -0.115. The SMILES string of the molecule is CCc1c(C)sc(NC(=O)CNCC(c2ccccc2)c2ccccc2)c1C(N)=O. The molecule has 0 saturated heterocycles. The molecule has 0 unspecified atom stereocenters. The molecule has 3 aromatic rings. The number of rotatable bonds is 9. The Morgan fingerprint density at radius 3 is 2.07 bits per heavy atom. The summed E-state index contributed by atoms with van der Waals surface area (Å²) in [4.78, 5) is 25.4. The van der Waals surface area contributed by atoms with E-state index in [9.17, 15) is 9.59 Å². The molecule has 0 saturated carbocycles. The molecule has 1 heterocycles. The van der Waals surface area contributed by atoms with Gasteiger partial charge in [0.2, 0.25) is 5.91 Å². The summed E-state index contributed by atoms with van der Waals surface area (Å²) in [6.45, 7) is 4.68. The van der Waals surface area contributed by atoms with Gasteiger partial charge in [-0.25, -0.2) is 0 Å². The summed E-state index contributed by atoms with van der Waals surface area (Å²) in [5.74, 6) is -0.564. The van der Waals surface area contributed by atoms with Gasteiger partial charge in [-0.1, -0.05) is 67.6 Å². The Balaban J connectivity index is 1.66. The van der Waals surface area contributed by atoms with E-state index in [1.165, 1.54) is 22.5 Å². The molecule has 0 bridgehead atoms. The lowest BCUT2D eigenvalue weighted by Crippen LogP contribution is -2.31. The largest absolute Gasteiger partial charge is 0.365 e. The van der Waals surface area contributed by atoms with Crippen molar-refractivity contribution < 1.29 is 9.59 Å². The monoisotopic (exact) mass is 421 g/mol. The van der Waals surface area contributed by atoms with Gasteiger partial charge in [-0.05, 0) is 30.0 Å². The van der Waals surface area contributed by atoms with Crippen molar-refractivity contribution in [1.82, 2.24) is 5.32 Å². The molecule has 3 rings (SSSR count). The third-order valence-corrected chi connectivity index (χ3v) is 6.16. The molecule has 0 aliphatic rings. The number of benzene rings is 2. The summed E-state index contributed by atoms with van der Waals surface area (Å²) in [6.07, 6.45) is 0.699. The van der Waals surface area contributed by atoms with Crippen LogP contribution in [0.4, 0.5) is 5.00 Å². The number of hydrogen-bond acceptors (Lipinski definition) is 4. The number of anilines is 1. The van der Waals surface area contributed by atoms with Gasteiger partial charge >= 0.3 is 0 Å². The maximum Gasteiger partial charge on any atom is 0.251 e. The number of nitrogens with two attached hydrogens (primary N) is 1. The smallest absolute Gasteiger partial charge is 0.251 e. The Bertz CT molecular complexity index is 961. The lowest BCUT2D eigenvalue weighted by Gasteiger charge is -2.19. The first-order chi connectivity index (χ1) is 14.5. The Morgan fingerprint density at radius 2 is 1.57 bits per heavy atom. The van der Waals surface area contributed by atoms with Gasteiger partial charge in [0.15, 0.2) is 0 Å². The number of amides is 2. The zero-order chi connectivity index (χ0) is 21.5. The van der Waals surface area contributed by atoms with Crippen molar-refractivity contribution in [2.45, 2.75) is 26.2 Å². The van der Waals surface area contributed by atoms with E-state index in [1.54, 1.807) is 0 Å². The lowest BCUT2D eigenvalue weighted by atomic mass is 9.91. The number of aryl methyl sites for hydroxylation is 1. The van der Waals surface area contributed by atoms with Crippen LogP contribution in [0.5, 0.6) is 0 Å². The van der Waals surface area contributed by atoms with Crippen molar-refractivity contribution in [2.24, 2.45) is 5.73 Å². The van der Waals surface area contributed by atoms with Crippen LogP contribution in [0.25, 0.3) is 0 Å². The molecule has 0 spiro atoms. The Kier molecular flexibility index (Phi) is 7.38. The molecule has 0 fully saturated rings. The van der Waals surface area contributed by atoms with Gasteiger partial charge in [0.05, 0.1) is 12.1 Å². The van der Waals surface area contributed by atoms with Crippen LogP contribution in [0.2, 0.25) is 0 Å². The molecule has 4 N–H and O–H groups in total. The van der Waals surface area contributed by atoms with Gasteiger partial charge < -0.3 is 16.4 Å². The van der Waals surface area contributed by atoms with E-state index in [-0.39, 0.29) is 18.4 Å². The fraction of sp³-hybridized carbons (Fsp3) is 0.250. The van der Waals surface area contributed by atoms with Gasteiger partial charge in [0.1, 0.15) is 5.00 Å². The molecule has 0 aliphatic carbocycles. The molecule has 0 radical (unpaired) electrons. The molecular weight excluding hydrogens is 394 g/mol. The summed E-state index contributed by atoms with van der Waals surface area (Å²) >= 11 is 1.40. The van der Waals surface area contributed by atoms with Crippen LogP contribution in [0.15, 0.2) is 60.7 Å². The van der Waals surface area contributed by atoms with Crippen molar-refractivity contribution in [3.8, 4) is 0 Å². The van der Waals surface area contributed by atoms with Crippen molar-refractivity contribution >= 4 is 28.2 Å². The summed E-state index contributed by atoms with van der Waals surface area (Å²) in [5, 5.41) is 6.65. The summed E-state index contributed by atoms with van der Waals surface area (Å²) in [5.41, 5.74) is 9.26. The normalized spacial score (nSPS) is 10.9. The van der Waals surface area contributed by atoms with Crippen LogP contribution in [-0.2, 0) is 11.2 Å². The maximum absolute atomic E-state index is 12.5. The van der Waals surface area contributed by atoms with E-state index < -0.39 is 5.91 Å². The average molecular weight is 422 g/mol. The molecular formula is C24H27N3O2S. The van der Waals surface area contributed by atoms with Crippen molar-refractivity contribution in [2.75, 3.05) is 18.4 Å². The van der Waals surface area contributed by atoms with Crippen LogP contribution in [0.3, 0.4) is 0 Å². The molecule has 156 valence electrons. The molecule has 1 aromatic heterocycles. The van der Waals surface area contributed by atoms with Gasteiger partial charge in [0.25, 0.3) is 5.91 Å². The number of primary amides is 1. The average Bonchev–Trinajstić information content (AvgIpc) is 3.07. The van der Waals surface area contributed by atoms with Crippen LogP contribution in [0.1, 0.15) is 44.8 Å². The third kappa shape index (κ3) is 5.14. The number of carbonyl (C=O) groups is 2. The van der Waals surface area contributed by atoms with Crippen LogP contribution in [0, 0.1) is 6.92 Å². The number of carbonyl (C=O) groups excluding carboxylic acids is 2. The highest BCUT2D eigenvalue weighted by molar-refractivity contribution is 7.16. The second-order valence-electron chi connectivity index (χ2n) is 7.11. The first-order valence-electron chi connectivity index (χ1n) is 10.0. The molecule has 2 aromatic carbocycles. The highest BCUT2D eigenvalue weighted by Gasteiger charge is 2.20. The second-order valence-corrected chi connectivity index (χ2v) is 8.34. The summed E-state index contributed by atoms with van der Waals surface area (Å²) < 4.78 is 0. The molecule has 2 amide bonds. The minimum Gasteiger partial charge on any atom is -0.365 e. The van der Waals surface area contributed by atoms with Crippen molar-refractivity contribution in [3.63, 3.8) is 0 Å². The summed E-state index contributed by atoms with van der Waals surface area (Å²) in [7, 11) is 0. The van der Waals surface area contributed by atoms with E-state index in [4.69, 9.17) is 5.73 Å². The molecule has 6 heteroatoms. The predicted molar refractivity (Wildman–Crippen MR) is 123 cm³/mol. The van der Waals surface area contributed by atoms with Gasteiger partial charge in [-0.15, -0.1) is 11.3 Å². The summed E-state index contributed by atoms with van der Waals surface area (Å²) in [6, 6.07) is 20.5. The first kappa shape index (κ1) is 21.7. The standard InChI is InChI=1S/C24H27N3O2S/c1-3-19-16(2)30-24(22(19)23(25)29)27-21(28)15-26-14-20(17-10-6-4-7-11-17)18-12-8-5-9-13-18/h4-13,20,26H,3,14-15H2,1-2H3,(H2,25,29)(H,27,28). The Morgan fingerprint density at radius 1 is 1.00 bits per heavy atom. The zero-order valence-corrected chi connectivity index (χ0v) is 18.1. The zero-order valence-electron chi connectivity index (χ0n) is 17.3. The van der Waals surface area contributed by atoms with E-state index in [0.29, 0.717) is 23.5 Å². The fourth-order valence-corrected chi connectivity index (χ4v) is 4.82. The fourth-order valence-electron chi connectivity index (χ4n) is 3.65. The maximum atomic E-state index is 12.5. The topological polar surface area (TPSA) is 84.2 Å². The molecule has 0 atom stereocenters. The Labute approximate surface area is 181 Å². The van der Waals surface area contributed by atoms with E-state index in [2.05, 4.69) is 34.9 Å². The molecule has 5 nitrogen and oxygen atoms in total. The quantitative estimate of drug-likeness (QED) is 0.487. The highest BCUT2D eigenvalue weighted by Crippen LogP contribution is 2.33. The number of thiophene rings is 1. The van der Waals surface area contributed by atoms with E-state index in [0.717, 1.165) is 10.4 Å². The van der Waals surface area contributed by atoms with E-state index >= 15 is 0 Å². The van der Waals surface area contributed by atoms with Crippen LogP contribution >= 0.6 is 11.3 Å². The third-order valence-electron chi connectivity index (χ3n) is 5.10. The molecule has 30 heavy (non-hydrogen) atoms. The van der Waals surface area contributed by atoms with Crippen LogP contribution < -0.4 is 16.4 Å². The minimum atomic E-state index is -0.507. The number of hydrogen-bond donors (Lipinski definition) is 3. The number of nitrogens with one attached hydrogen (secondary N) is 2. The van der Waals surface area contributed by atoms with Gasteiger partial charge in [0, 0.05) is 17.3 Å². The first-order valence-corrected chi connectivity index (χ1v) is 10.8. The second kappa shape index (κ2) is 10.2. The van der Waals surface area contributed by atoms with E-state index in [1.807, 2.05) is 50.2 Å². The molecule has 0 aliphatic heterocycles. The van der Waals surface area contributed by atoms with Crippen molar-refractivity contribution in [3.05, 3.63) is 87.8 Å². The predicted octanol–water partition coefficient (Wildman–Crippen LogP) is 4.08. The van der Waals surface area contributed by atoms with Gasteiger partial charge in [-0.3, -0.25) is 9.59 Å². The minimum absolute atomic E-state index is 0.136.